The Balaban J connectivity index is 2.53. The number of carbonyl (C=O) groups excluding carboxylic acids is 1. The fraction of sp³-hybridized carbons (Fsp3) is 0.818. The van der Waals surface area contributed by atoms with Gasteiger partial charge in [-0.1, -0.05) is 0 Å². The zero-order valence-electron chi connectivity index (χ0n) is 10.1. The van der Waals surface area contributed by atoms with Crippen LogP contribution in [-0.4, -0.2) is 43.1 Å². The molecule has 0 spiro atoms. The lowest BCUT2D eigenvalue weighted by molar-refractivity contribution is -0.149. The van der Waals surface area contributed by atoms with Crippen molar-refractivity contribution in [3.8, 4) is 0 Å². The number of ether oxygens (including phenoxy) is 1. The van der Waals surface area contributed by atoms with Crippen LogP contribution in [0.2, 0.25) is 0 Å². The van der Waals surface area contributed by atoms with Crippen LogP contribution in [0.3, 0.4) is 0 Å². The van der Waals surface area contributed by atoms with Crippen molar-refractivity contribution in [1.29, 1.82) is 0 Å². The molecule has 1 heterocycles. The molecule has 0 amide bonds. The number of carbonyl (C=O) groups is 1. The summed E-state index contributed by atoms with van der Waals surface area (Å²) in [6, 6.07) is 0. The van der Waals surface area contributed by atoms with Crippen LogP contribution in [-0.2, 0) is 9.53 Å². The van der Waals surface area contributed by atoms with Gasteiger partial charge in [-0.25, -0.2) is 0 Å². The Bertz CT molecular complexity index is 266. The minimum Gasteiger partial charge on any atom is -0.466 e. The van der Waals surface area contributed by atoms with Gasteiger partial charge >= 0.3 is 5.97 Å². The summed E-state index contributed by atoms with van der Waals surface area (Å²) in [6.07, 6.45) is 1.85. The number of hydrogen-bond acceptors (Lipinski definition) is 3. The molecule has 0 bridgehead atoms. The van der Waals surface area contributed by atoms with Crippen LogP contribution in [0.5, 0.6) is 0 Å². The number of aliphatic imine (C=N–C) groups is 1. The van der Waals surface area contributed by atoms with Crippen LogP contribution in [0.25, 0.3) is 0 Å². The highest BCUT2D eigenvalue weighted by atomic mass is 16.5. The van der Waals surface area contributed by atoms with Crippen LogP contribution >= 0.6 is 0 Å². The molecule has 1 saturated heterocycles. The Hall–Kier alpha value is -1.26. The Labute approximate surface area is 96.7 Å². The van der Waals surface area contributed by atoms with E-state index in [0.29, 0.717) is 25.7 Å². The van der Waals surface area contributed by atoms with Crippen molar-refractivity contribution in [2.45, 2.75) is 26.7 Å². The molecular formula is C11H21N3O2. The molecule has 2 N–H and O–H groups in total. The highest BCUT2D eigenvalue weighted by Crippen LogP contribution is 2.17. The van der Waals surface area contributed by atoms with E-state index in [4.69, 9.17) is 10.5 Å². The monoisotopic (exact) mass is 227 g/mol. The smallest absolute Gasteiger partial charge is 0.310 e. The molecule has 1 fully saturated rings. The number of guanidine groups is 1. The molecule has 92 valence electrons. The quantitative estimate of drug-likeness (QED) is 0.435. The van der Waals surface area contributed by atoms with Gasteiger partial charge in [-0.05, 0) is 26.7 Å². The standard InChI is InChI=1S/C11H21N3O2/c1-3-13-11(12)14-7-5-6-9(8-14)10(15)16-4-2/h9H,3-8H2,1-2H3,(H2,12,13). The van der Waals surface area contributed by atoms with E-state index >= 15 is 0 Å². The van der Waals surface area contributed by atoms with Crippen LogP contribution in [0, 0.1) is 5.92 Å². The van der Waals surface area contributed by atoms with Crippen LogP contribution in [0.1, 0.15) is 26.7 Å². The molecule has 0 aromatic carbocycles. The molecule has 1 unspecified atom stereocenters. The van der Waals surface area contributed by atoms with Gasteiger partial charge in [-0.2, -0.15) is 0 Å². The average Bonchev–Trinajstić information content (AvgIpc) is 2.30. The van der Waals surface area contributed by atoms with Gasteiger partial charge in [0.1, 0.15) is 0 Å². The first kappa shape index (κ1) is 12.8. The van der Waals surface area contributed by atoms with E-state index < -0.39 is 0 Å². The lowest BCUT2D eigenvalue weighted by atomic mass is 9.98. The normalized spacial score (nSPS) is 22.0. The third-order valence-electron chi connectivity index (χ3n) is 2.69. The zero-order chi connectivity index (χ0) is 12.0. The minimum atomic E-state index is -0.114. The topological polar surface area (TPSA) is 67.9 Å². The Morgan fingerprint density at radius 1 is 1.56 bits per heavy atom. The summed E-state index contributed by atoms with van der Waals surface area (Å²) >= 11 is 0. The molecule has 0 saturated carbocycles. The molecule has 0 aliphatic carbocycles. The van der Waals surface area contributed by atoms with Crippen molar-refractivity contribution >= 4 is 11.9 Å². The van der Waals surface area contributed by atoms with Gasteiger partial charge in [0.2, 0.25) is 0 Å². The number of esters is 1. The van der Waals surface area contributed by atoms with Gasteiger partial charge in [0.15, 0.2) is 5.96 Å². The van der Waals surface area contributed by atoms with E-state index in [9.17, 15) is 4.79 Å². The first-order valence-corrected chi connectivity index (χ1v) is 5.90. The van der Waals surface area contributed by atoms with Crippen LogP contribution in [0.15, 0.2) is 4.99 Å². The third-order valence-corrected chi connectivity index (χ3v) is 2.69. The van der Waals surface area contributed by atoms with E-state index in [1.165, 1.54) is 0 Å². The third kappa shape index (κ3) is 3.40. The first-order chi connectivity index (χ1) is 7.69. The molecular weight excluding hydrogens is 206 g/mol. The van der Waals surface area contributed by atoms with Crippen molar-refractivity contribution in [2.75, 3.05) is 26.2 Å². The largest absolute Gasteiger partial charge is 0.466 e. The maximum atomic E-state index is 11.6. The second-order valence-electron chi connectivity index (χ2n) is 3.87. The molecule has 0 aromatic heterocycles. The van der Waals surface area contributed by atoms with E-state index in [1.807, 2.05) is 18.7 Å². The van der Waals surface area contributed by atoms with E-state index in [0.717, 1.165) is 19.4 Å². The SMILES string of the molecule is CCN=C(N)N1CCCC(C(=O)OCC)C1. The lowest BCUT2D eigenvalue weighted by Crippen LogP contribution is -2.46. The van der Waals surface area contributed by atoms with Crippen LogP contribution < -0.4 is 5.73 Å². The van der Waals surface area contributed by atoms with Crippen LogP contribution in [0.4, 0.5) is 0 Å². The van der Waals surface area contributed by atoms with E-state index in [1.54, 1.807) is 0 Å². The van der Waals surface area contributed by atoms with Crippen molar-refractivity contribution < 1.29 is 9.53 Å². The van der Waals surface area contributed by atoms with Gasteiger partial charge in [0, 0.05) is 19.6 Å². The summed E-state index contributed by atoms with van der Waals surface area (Å²) in [5, 5.41) is 0. The minimum absolute atomic E-state index is 0.0562. The molecule has 1 aliphatic heterocycles. The maximum absolute atomic E-state index is 11.6. The Morgan fingerprint density at radius 3 is 2.94 bits per heavy atom. The summed E-state index contributed by atoms with van der Waals surface area (Å²) in [5.41, 5.74) is 5.82. The highest BCUT2D eigenvalue weighted by Gasteiger charge is 2.27. The molecule has 0 radical (unpaired) electrons. The number of likely N-dealkylation sites (tertiary alicyclic amines) is 1. The molecule has 1 atom stereocenters. The van der Waals surface area contributed by atoms with Crippen molar-refractivity contribution in [3.63, 3.8) is 0 Å². The number of piperidine rings is 1. The number of nitrogens with zero attached hydrogens (tertiary/aromatic N) is 2. The fourth-order valence-electron chi connectivity index (χ4n) is 1.90. The van der Waals surface area contributed by atoms with Crippen molar-refractivity contribution in [3.05, 3.63) is 0 Å². The summed E-state index contributed by atoms with van der Waals surface area (Å²) in [4.78, 5) is 17.7. The fourth-order valence-corrected chi connectivity index (χ4v) is 1.90. The lowest BCUT2D eigenvalue weighted by Gasteiger charge is -2.32. The second-order valence-corrected chi connectivity index (χ2v) is 3.87. The number of nitrogens with two attached hydrogens (primary N) is 1. The average molecular weight is 227 g/mol. The summed E-state index contributed by atoms with van der Waals surface area (Å²) in [7, 11) is 0. The van der Waals surface area contributed by atoms with Crippen molar-refractivity contribution in [2.24, 2.45) is 16.6 Å². The Kier molecular flexibility index (Phi) is 5.08. The van der Waals surface area contributed by atoms with Crippen molar-refractivity contribution in [1.82, 2.24) is 4.90 Å². The van der Waals surface area contributed by atoms with Gasteiger partial charge in [-0.15, -0.1) is 0 Å². The highest BCUT2D eigenvalue weighted by molar-refractivity contribution is 5.79. The molecule has 0 aromatic rings. The predicted molar refractivity (Wildman–Crippen MR) is 63.1 cm³/mol. The molecule has 1 rings (SSSR count). The molecule has 5 heteroatoms. The summed E-state index contributed by atoms with van der Waals surface area (Å²) in [5.74, 6) is 0.368. The molecule has 1 aliphatic rings. The zero-order valence-corrected chi connectivity index (χ0v) is 10.1. The maximum Gasteiger partial charge on any atom is 0.310 e. The Morgan fingerprint density at radius 2 is 2.31 bits per heavy atom. The first-order valence-electron chi connectivity index (χ1n) is 5.90. The predicted octanol–water partition coefficient (Wildman–Crippen LogP) is 0.596. The number of rotatable bonds is 3. The van der Waals surface area contributed by atoms with Gasteiger partial charge in [0.25, 0.3) is 0 Å². The van der Waals surface area contributed by atoms with Gasteiger partial charge in [0.05, 0.1) is 12.5 Å². The van der Waals surface area contributed by atoms with Gasteiger partial charge < -0.3 is 15.4 Å². The molecule has 5 nitrogen and oxygen atoms in total. The summed E-state index contributed by atoms with van der Waals surface area (Å²) in [6.45, 7) is 6.39. The van der Waals surface area contributed by atoms with E-state index in [2.05, 4.69) is 4.99 Å². The summed E-state index contributed by atoms with van der Waals surface area (Å²) < 4.78 is 5.02. The second kappa shape index (κ2) is 6.35. The molecule has 16 heavy (non-hydrogen) atoms. The van der Waals surface area contributed by atoms with Gasteiger partial charge in [-0.3, -0.25) is 9.79 Å². The number of hydrogen-bond donors (Lipinski definition) is 1. The van der Waals surface area contributed by atoms with E-state index in [-0.39, 0.29) is 11.9 Å².